The van der Waals surface area contributed by atoms with Gasteiger partial charge in [-0.25, -0.2) is 4.79 Å². The molecule has 0 atom stereocenters. The Kier molecular flexibility index (Phi) is 11.5. The van der Waals surface area contributed by atoms with E-state index in [0.717, 1.165) is 22.1 Å². The molecule has 2 aromatic carbocycles. The van der Waals surface area contributed by atoms with E-state index in [0.29, 0.717) is 28.0 Å². The zero-order chi connectivity index (χ0) is 23.7. The van der Waals surface area contributed by atoms with Crippen LogP contribution < -0.4 is 5.36 Å². The van der Waals surface area contributed by atoms with Crippen molar-refractivity contribution in [2.75, 3.05) is 14.2 Å². The number of ether oxygens (including phenoxy) is 1. The Morgan fingerprint density at radius 1 is 1.00 bits per heavy atom. The Balaban J connectivity index is 0.000000841. The first-order valence-electron chi connectivity index (χ1n) is 9.97. The average molecular weight is 516 g/mol. The summed E-state index contributed by atoms with van der Waals surface area (Å²) in [6.07, 6.45) is 0. The average Bonchev–Trinajstić information content (AvgIpc) is 2.83. The van der Waals surface area contributed by atoms with E-state index in [2.05, 4.69) is 16.7 Å². The van der Waals surface area contributed by atoms with E-state index in [-0.39, 0.29) is 32.7 Å². The summed E-state index contributed by atoms with van der Waals surface area (Å²) < 4.78 is 11.0. The number of aliphatic imine (C=N–C) groups is 2. The van der Waals surface area contributed by atoms with Crippen molar-refractivity contribution in [3.05, 3.63) is 71.6 Å². The molecule has 0 bridgehead atoms. The van der Waals surface area contributed by atoms with E-state index in [1.807, 2.05) is 38.1 Å². The zero-order valence-corrected chi connectivity index (χ0v) is 22.0. The zero-order valence-electron chi connectivity index (χ0n) is 19.1. The van der Waals surface area contributed by atoms with Crippen LogP contribution in [0.5, 0.6) is 0 Å². The molecule has 1 aliphatic heterocycles. The first kappa shape index (κ1) is 28.1. The van der Waals surface area contributed by atoms with Crippen LogP contribution in [0.25, 0.3) is 33.4 Å². The van der Waals surface area contributed by atoms with Crippen molar-refractivity contribution in [3.63, 3.8) is 0 Å². The number of hydrogen-bond acceptors (Lipinski definition) is 6. The quantitative estimate of drug-likeness (QED) is 0.159. The van der Waals surface area contributed by atoms with Crippen molar-refractivity contribution in [1.29, 1.82) is 5.41 Å². The third-order valence-corrected chi connectivity index (χ3v) is 4.46. The van der Waals surface area contributed by atoms with E-state index in [9.17, 15) is 4.79 Å². The smallest absolute Gasteiger partial charge is 0.338 e. The van der Waals surface area contributed by atoms with Gasteiger partial charge in [0.2, 0.25) is 0 Å². The van der Waals surface area contributed by atoms with Gasteiger partial charge in [-0.1, -0.05) is 49.9 Å². The van der Waals surface area contributed by atoms with Crippen LogP contribution in [0.15, 0.2) is 75.1 Å². The van der Waals surface area contributed by atoms with Crippen molar-refractivity contribution in [1.82, 2.24) is 0 Å². The molecule has 4 rings (SSSR count). The standard InChI is InChI=1S/C22H15N2O3.C2H4N.C2H6.Y/c1-24-14-8-10-18-20(12-14)27-19-11-13(23)7-9-17(19)21(18)15-5-3-4-6-16(15)22(25)26-2;1-3-2;1-2;/h1,3-12,23H,2H3;1H,2H3;1-2H3;/q2*-1;;. The minimum Gasteiger partial charge on any atom is -0.509 e. The summed E-state index contributed by atoms with van der Waals surface area (Å²) in [5.74, 6) is 0.122. The Morgan fingerprint density at radius 2 is 1.67 bits per heavy atom. The minimum atomic E-state index is -0.418. The second-order valence-corrected chi connectivity index (χ2v) is 6.29. The molecule has 1 aliphatic carbocycles. The maximum atomic E-state index is 12.3. The number of nitrogens with zero attached hydrogens (tertiary/aromatic N) is 2. The number of hydrogen-bond donors (Lipinski definition) is 1. The van der Waals surface area contributed by atoms with E-state index >= 15 is 0 Å². The number of nitrogens with one attached hydrogen (secondary N) is 1. The van der Waals surface area contributed by atoms with Crippen molar-refractivity contribution >= 4 is 36.1 Å². The number of fused-ring (bicyclic) bond motifs is 2. The van der Waals surface area contributed by atoms with Gasteiger partial charge in [0.1, 0.15) is 11.3 Å². The van der Waals surface area contributed by atoms with Gasteiger partial charge in [-0.2, -0.15) is 6.72 Å². The Hall–Kier alpha value is -2.96. The van der Waals surface area contributed by atoms with Gasteiger partial charge < -0.3 is 31.3 Å². The molecule has 167 valence electrons. The van der Waals surface area contributed by atoms with Gasteiger partial charge in [0, 0.05) is 55.3 Å². The van der Waals surface area contributed by atoms with Crippen LogP contribution in [0.2, 0.25) is 0 Å². The molecule has 7 heteroatoms. The van der Waals surface area contributed by atoms with Crippen molar-refractivity contribution in [2.24, 2.45) is 9.98 Å². The molecule has 33 heavy (non-hydrogen) atoms. The molecule has 1 radical (unpaired) electrons. The SMILES string of the molecule is CC.[CH-]=NC.[CH-]=Nc1ccc2c(-c3ccccc3C(=O)OC)c3ccc(=N)cc-3oc2c1.[Y]. The first-order valence-corrected chi connectivity index (χ1v) is 9.97. The van der Waals surface area contributed by atoms with E-state index in [1.165, 1.54) is 14.2 Å². The van der Waals surface area contributed by atoms with Crippen LogP contribution in [0.1, 0.15) is 24.2 Å². The number of carbonyl (C=O) groups excluding carboxylic acids is 1. The maximum absolute atomic E-state index is 12.3. The molecule has 2 aromatic rings. The number of benzene rings is 3. The minimum absolute atomic E-state index is 0. The molecule has 0 spiro atoms. The summed E-state index contributed by atoms with van der Waals surface area (Å²) in [5.41, 5.74) is 3.94. The molecule has 0 unspecified atom stereocenters. The van der Waals surface area contributed by atoms with Crippen LogP contribution in [0.4, 0.5) is 5.69 Å². The summed E-state index contributed by atoms with van der Waals surface area (Å²) >= 11 is 0. The fourth-order valence-electron chi connectivity index (χ4n) is 3.24. The predicted octanol–water partition coefficient (Wildman–Crippen LogP) is 5.90. The summed E-state index contributed by atoms with van der Waals surface area (Å²) in [6, 6.07) is 17.8. The van der Waals surface area contributed by atoms with Gasteiger partial charge in [-0.3, -0.25) is 0 Å². The Morgan fingerprint density at radius 3 is 2.30 bits per heavy atom. The third kappa shape index (κ3) is 6.30. The number of carbonyl (C=O) groups is 1. The molecule has 1 heterocycles. The summed E-state index contributed by atoms with van der Waals surface area (Å²) in [4.78, 5) is 19.0. The van der Waals surface area contributed by atoms with Crippen LogP contribution in [-0.4, -0.2) is 33.6 Å². The fraction of sp³-hybridized carbons (Fsp3) is 0.154. The molecule has 0 aromatic heterocycles. The summed E-state index contributed by atoms with van der Waals surface area (Å²) in [7, 11) is 2.89. The number of methoxy groups -OCH3 is 1. The molecule has 0 amide bonds. The monoisotopic (exact) mass is 516 g/mol. The summed E-state index contributed by atoms with van der Waals surface area (Å²) in [6.45, 7) is 13.9. The van der Waals surface area contributed by atoms with Crippen LogP contribution in [0, 0.1) is 5.41 Å². The van der Waals surface area contributed by atoms with Crippen LogP contribution in [-0.2, 0) is 37.4 Å². The van der Waals surface area contributed by atoms with Gasteiger partial charge in [0.05, 0.1) is 18.0 Å². The van der Waals surface area contributed by atoms with E-state index < -0.39 is 5.97 Å². The van der Waals surface area contributed by atoms with Gasteiger partial charge in [0.15, 0.2) is 0 Å². The first-order chi connectivity index (χ1) is 15.5. The summed E-state index contributed by atoms with van der Waals surface area (Å²) in [5, 5.41) is 9.05. The molecular weight excluding hydrogens is 491 g/mol. The largest absolute Gasteiger partial charge is 0.509 e. The topological polar surface area (TPSA) is 88.0 Å². The molecular formula is C26H25N3O3Y-2. The molecule has 2 aliphatic rings. The number of rotatable bonds is 3. The second kappa shape index (κ2) is 13.6. The van der Waals surface area contributed by atoms with Gasteiger partial charge in [-0.05, 0) is 30.8 Å². The van der Waals surface area contributed by atoms with E-state index in [4.69, 9.17) is 21.3 Å². The van der Waals surface area contributed by atoms with Gasteiger partial charge >= 0.3 is 5.97 Å². The molecule has 0 fully saturated rings. The van der Waals surface area contributed by atoms with Crippen molar-refractivity contribution in [3.8, 4) is 22.5 Å². The Bertz CT molecular complexity index is 1280. The Labute approximate surface area is 219 Å². The van der Waals surface area contributed by atoms with Gasteiger partial charge in [-0.15, -0.1) is 6.07 Å². The molecule has 0 saturated carbocycles. The van der Waals surface area contributed by atoms with Gasteiger partial charge in [0.25, 0.3) is 0 Å². The second-order valence-electron chi connectivity index (χ2n) is 6.29. The predicted molar refractivity (Wildman–Crippen MR) is 129 cm³/mol. The van der Waals surface area contributed by atoms with Crippen molar-refractivity contribution in [2.45, 2.75) is 13.8 Å². The van der Waals surface area contributed by atoms with E-state index in [1.54, 1.807) is 36.4 Å². The van der Waals surface area contributed by atoms with Crippen molar-refractivity contribution < 1.29 is 46.7 Å². The maximum Gasteiger partial charge on any atom is 0.338 e. The molecule has 0 saturated heterocycles. The number of esters is 1. The normalized spacial score (nSPS) is 9.45. The third-order valence-electron chi connectivity index (χ3n) is 4.46. The fourth-order valence-corrected chi connectivity index (χ4v) is 3.24. The molecule has 1 N–H and O–H groups in total. The van der Waals surface area contributed by atoms with Crippen LogP contribution >= 0.6 is 0 Å². The molecule has 6 nitrogen and oxygen atoms in total. The van der Waals surface area contributed by atoms with Crippen LogP contribution in [0.3, 0.4) is 0 Å².